The Bertz CT molecular complexity index is 588. The summed E-state index contributed by atoms with van der Waals surface area (Å²) in [6.07, 6.45) is 2.64. The zero-order valence-corrected chi connectivity index (χ0v) is 11.4. The largest absolute Gasteiger partial charge is 0.382 e. The first-order valence-corrected chi connectivity index (χ1v) is 6.07. The number of nitrogen functional groups attached to an aromatic ring is 1. The number of hydrogen-bond donors (Lipinski definition) is 2. The topological polar surface area (TPSA) is 80.9 Å². The van der Waals surface area contributed by atoms with Gasteiger partial charge in [-0.2, -0.15) is 0 Å². The number of nitrogens with two attached hydrogens (primary N) is 1. The van der Waals surface area contributed by atoms with E-state index in [1.807, 2.05) is 0 Å². The average Bonchev–Trinajstić information content (AvgIpc) is 2.33. The van der Waals surface area contributed by atoms with Crippen molar-refractivity contribution in [3.05, 3.63) is 45.8 Å². The van der Waals surface area contributed by atoms with Gasteiger partial charge in [-0.25, -0.2) is 9.97 Å². The lowest BCUT2D eigenvalue weighted by atomic mass is 10.3. The van der Waals surface area contributed by atoms with Crippen LogP contribution in [0.3, 0.4) is 0 Å². The summed E-state index contributed by atoms with van der Waals surface area (Å²) >= 11 is 9.11. The van der Waals surface area contributed by atoms with Crippen LogP contribution in [0.25, 0.3) is 0 Å². The van der Waals surface area contributed by atoms with Crippen LogP contribution in [-0.2, 0) is 0 Å². The molecule has 2 aromatic rings. The molecule has 2 rings (SSSR count). The average molecular weight is 328 g/mol. The van der Waals surface area contributed by atoms with Crippen molar-refractivity contribution in [3.63, 3.8) is 0 Å². The van der Waals surface area contributed by atoms with E-state index in [4.69, 9.17) is 17.3 Å². The second-order valence-electron chi connectivity index (χ2n) is 3.40. The second-order valence-corrected chi connectivity index (χ2v) is 4.70. The lowest BCUT2D eigenvalue weighted by Gasteiger charge is -2.07. The fourth-order valence-corrected chi connectivity index (χ4v) is 2.01. The molecule has 0 saturated heterocycles. The quantitative estimate of drug-likeness (QED) is 0.888. The molecule has 1 aromatic heterocycles. The molecule has 0 aliphatic carbocycles. The molecule has 0 radical (unpaired) electrons. The SMILES string of the molecule is Nc1cnc(C(=O)Nc2ccc(Cl)cc2Br)cn1. The summed E-state index contributed by atoms with van der Waals surface area (Å²) in [6, 6.07) is 5.05. The first-order valence-electron chi connectivity index (χ1n) is 4.90. The van der Waals surface area contributed by atoms with Crippen LogP contribution in [0.1, 0.15) is 10.5 Å². The van der Waals surface area contributed by atoms with Crippen LogP contribution in [0.2, 0.25) is 5.02 Å². The van der Waals surface area contributed by atoms with E-state index in [2.05, 4.69) is 31.2 Å². The van der Waals surface area contributed by atoms with Crippen LogP contribution in [-0.4, -0.2) is 15.9 Å². The molecule has 0 atom stereocenters. The standard InChI is InChI=1S/C11H8BrClN4O/c12-7-3-6(13)1-2-8(7)17-11(18)9-4-16-10(14)5-15-9/h1-5H,(H2,14,16)(H,17,18). The molecular formula is C11H8BrClN4O. The van der Waals surface area contributed by atoms with E-state index >= 15 is 0 Å². The summed E-state index contributed by atoms with van der Waals surface area (Å²) in [6.45, 7) is 0. The third-order valence-corrected chi connectivity index (χ3v) is 2.97. The Kier molecular flexibility index (Phi) is 3.78. The van der Waals surface area contributed by atoms with Gasteiger partial charge in [0.25, 0.3) is 5.91 Å². The summed E-state index contributed by atoms with van der Waals surface area (Å²) in [5.74, 6) is -0.107. The van der Waals surface area contributed by atoms with Crippen LogP contribution in [0.15, 0.2) is 35.1 Å². The third-order valence-electron chi connectivity index (χ3n) is 2.08. The summed E-state index contributed by atoms with van der Waals surface area (Å²) in [4.78, 5) is 19.5. The molecule has 1 heterocycles. The minimum absolute atomic E-state index is 0.186. The van der Waals surface area contributed by atoms with Crippen molar-refractivity contribution in [2.45, 2.75) is 0 Å². The molecule has 3 N–H and O–H groups in total. The van der Waals surface area contributed by atoms with Gasteiger partial charge in [-0.15, -0.1) is 0 Å². The minimum Gasteiger partial charge on any atom is -0.382 e. The Morgan fingerprint density at radius 1 is 1.33 bits per heavy atom. The van der Waals surface area contributed by atoms with E-state index in [1.165, 1.54) is 12.4 Å². The zero-order chi connectivity index (χ0) is 13.1. The van der Waals surface area contributed by atoms with Crippen LogP contribution >= 0.6 is 27.5 Å². The lowest BCUT2D eigenvalue weighted by Crippen LogP contribution is -2.14. The van der Waals surface area contributed by atoms with Gasteiger partial charge in [0.2, 0.25) is 0 Å². The number of carbonyl (C=O) groups excluding carboxylic acids is 1. The van der Waals surface area contributed by atoms with Gasteiger partial charge in [0.15, 0.2) is 0 Å². The Hall–Kier alpha value is -1.66. The van der Waals surface area contributed by atoms with E-state index in [0.717, 1.165) is 0 Å². The van der Waals surface area contributed by atoms with Crippen LogP contribution in [0.4, 0.5) is 11.5 Å². The molecule has 0 aliphatic rings. The Morgan fingerprint density at radius 3 is 2.72 bits per heavy atom. The molecule has 0 bridgehead atoms. The van der Waals surface area contributed by atoms with Crippen molar-refractivity contribution >= 4 is 44.9 Å². The Morgan fingerprint density at radius 2 is 2.11 bits per heavy atom. The molecule has 0 unspecified atom stereocenters. The van der Waals surface area contributed by atoms with Crippen molar-refractivity contribution in [2.75, 3.05) is 11.1 Å². The van der Waals surface area contributed by atoms with Crippen molar-refractivity contribution in [3.8, 4) is 0 Å². The van der Waals surface area contributed by atoms with E-state index in [9.17, 15) is 4.79 Å². The van der Waals surface area contributed by atoms with Gasteiger partial charge in [-0.3, -0.25) is 4.79 Å². The molecule has 0 fully saturated rings. The number of halogens is 2. The molecule has 0 saturated carbocycles. The molecule has 1 amide bonds. The highest BCUT2D eigenvalue weighted by Gasteiger charge is 2.10. The summed E-state index contributed by atoms with van der Waals surface area (Å²) in [7, 11) is 0. The summed E-state index contributed by atoms with van der Waals surface area (Å²) in [5.41, 5.74) is 6.18. The van der Waals surface area contributed by atoms with E-state index in [1.54, 1.807) is 18.2 Å². The van der Waals surface area contributed by atoms with E-state index < -0.39 is 0 Å². The van der Waals surface area contributed by atoms with E-state index in [-0.39, 0.29) is 17.4 Å². The fraction of sp³-hybridized carbons (Fsp3) is 0. The predicted molar refractivity (Wildman–Crippen MR) is 73.5 cm³/mol. The molecular weight excluding hydrogens is 320 g/mol. The van der Waals surface area contributed by atoms with Gasteiger partial charge in [0.05, 0.1) is 18.1 Å². The minimum atomic E-state index is -0.370. The van der Waals surface area contributed by atoms with E-state index in [0.29, 0.717) is 15.2 Å². The third kappa shape index (κ3) is 2.96. The molecule has 18 heavy (non-hydrogen) atoms. The highest BCUT2D eigenvalue weighted by molar-refractivity contribution is 9.10. The van der Waals surface area contributed by atoms with Crippen LogP contribution in [0.5, 0.6) is 0 Å². The number of carbonyl (C=O) groups is 1. The molecule has 0 aliphatic heterocycles. The number of nitrogens with one attached hydrogen (secondary N) is 1. The van der Waals surface area contributed by atoms with Gasteiger partial charge < -0.3 is 11.1 Å². The van der Waals surface area contributed by atoms with Crippen molar-refractivity contribution < 1.29 is 4.79 Å². The first-order chi connectivity index (χ1) is 8.56. The summed E-state index contributed by atoms with van der Waals surface area (Å²) in [5, 5.41) is 3.26. The van der Waals surface area contributed by atoms with Crippen molar-refractivity contribution in [1.82, 2.24) is 9.97 Å². The van der Waals surface area contributed by atoms with Crippen LogP contribution in [0, 0.1) is 0 Å². The van der Waals surface area contributed by atoms with Crippen molar-refractivity contribution in [1.29, 1.82) is 0 Å². The number of hydrogen-bond acceptors (Lipinski definition) is 4. The van der Waals surface area contributed by atoms with Gasteiger partial charge in [0.1, 0.15) is 11.5 Å². The maximum atomic E-state index is 11.9. The van der Waals surface area contributed by atoms with Crippen LogP contribution < -0.4 is 11.1 Å². The first kappa shape index (κ1) is 12.8. The maximum Gasteiger partial charge on any atom is 0.275 e. The maximum absolute atomic E-state index is 11.9. The predicted octanol–water partition coefficient (Wildman–Crippen LogP) is 2.73. The van der Waals surface area contributed by atoms with Gasteiger partial charge in [-0.1, -0.05) is 11.6 Å². The number of aromatic nitrogens is 2. The van der Waals surface area contributed by atoms with Crippen molar-refractivity contribution in [2.24, 2.45) is 0 Å². The Balaban J connectivity index is 2.18. The number of anilines is 2. The van der Waals surface area contributed by atoms with Gasteiger partial charge >= 0.3 is 0 Å². The molecule has 0 spiro atoms. The smallest absolute Gasteiger partial charge is 0.275 e. The molecule has 92 valence electrons. The number of amides is 1. The second kappa shape index (κ2) is 5.32. The normalized spacial score (nSPS) is 10.1. The van der Waals surface area contributed by atoms with Gasteiger partial charge in [-0.05, 0) is 34.1 Å². The number of nitrogens with zero attached hydrogens (tertiary/aromatic N) is 2. The lowest BCUT2D eigenvalue weighted by molar-refractivity contribution is 0.102. The highest BCUT2D eigenvalue weighted by Crippen LogP contribution is 2.26. The van der Waals surface area contributed by atoms with Gasteiger partial charge in [0, 0.05) is 9.50 Å². The molecule has 1 aromatic carbocycles. The monoisotopic (exact) mass is 326 g/mol. The highest BCUT2D eigenvalue weighted by atomic mass is 79.9. The number of benzene rings is 1. The molecule has 7 heteroatoms. The number of rotatable bonds is 2. The zero-order valence-electron chi connectivity index (χ0n) is 9.02. The Labute approximate surface area is 117 Å². The summed E-state index contributed by atoms with van der Waals surface area (Å²) < 4.78 is 0.687. The molecule has 5 nitrogen and oxygen atoms in total. The fourth-order valence-electron chi connectivity index (χ4n) is 1.23.